The zero-order valence-corrected chi connectivity index (χ0v) is 14.1. The molecule has 1 atom stereocenters. The molecule has 6 nitrogen and oxygen atoms in total. The second-order valence-electron chi connectivity index (χ2n) is 6.78. The second kappa shape index (κ2) is 6.82. The molecule has 2 aliphatic rings. The van der Waals surface area contributed by atoms with Crippen LogP contribution < -0.4 is 4.90 Å². The molecule has 3 rings (SSSR count). The van der Waals surface area contributed by atoms with E-state index < -0.39 is 17.8 Å². The summed E-state index contributed by atoms with van der Waals surface area (Å²) in [7, 11) is 0. The molecule has 0 bridgehead atoms. The van der Waals surface area contributed by atoms with Crippen molar-refractivity contribution in [2.45, 2.75) is 26.2 Å². The standard InChI is InChI=1S/C18H21FN2O4/c1-11-8-14(2-3-15(11)19)21-10-13(9-16(21)22)17(23)20-6-4-12(5-7-20)18(24)25/h2-3,8,12-13H,4-7,9-10H2,1H3,(H,24,25). The van der Waals surface area contributed by atoms with Crippen molar-refractivity contribution in [3.05, 3.63) is 29.6 Å². The van der Waals surface area contributed by atoms with E-state index in [1.54, 1.807) is 24.0 Å². The quantitative estimate of drug-likeness (QED) is 0.904. The van der Waals surface area contributed by atoms with E-state index in [1.807, 2.05) is 0 Å². The van der Waals surface area contributed by atoms with Gasteiger partial charge in [-0.25, -0.2) is 4.39 Å². The molecule has 2 amide bonds. The summed E-state index contributed by atoms with van der Waals surface area (Å²) >= 11 is 0. The predicted molar refractivity (Wildman–Crippen MR) is 88.5 cm³/mol. The topological polar surface area (TPSA) is 77.9 Å². The molecule has 2 heterocycles. The number of nitrogens with zero attached hydrogens (tertiary/aromatic N) is 2. The number of rotatable bonds is 3. The van der Waals surface area contributed by atoms with Crippen LogP contribution in [0, 0.1) is 24.6 Å². The lowest BCUT2D eigenvalue weighted by atomic mass is 9.95. The number of anilines is 1. The lowest BCUT2D eigenvalue weighted by Gasteiger charge is -2.31. The number of likely N-dealkylation sites (tertiary alicyclic amines) is 1. The number of aliphatic carboxylic acids is 1. The van der Waals surface area contributed by atoms with Crippen molar-refractivity contribution in [2.75, 3.05) is 24.5 Å². The van der Waals surface area contributed by atoms with Crippen LogP contribution in [0.5, 0.6) is 0 Å². The first kappa shape index (κ1) is 17.4. The number of amides is 2. The van der Waals surface area contributed by atoms with Crippen LogP contribution in [0.4, 0.5) is 10.1 Å². The monoisotopic (exact) mass is 348 g/mol. The Morgan fingerprint density at radius 1 is 1.20 bits per heavy atom. The molecule has 0 aliphatic carbocycles. The highest BCUT2D eigenvalue weighted by Gasteiger charge is 2.38. The minimum atomic E-state index is -0.819. The number of carbonyl (C=O) groups is 3. The number of benzene rings is 1. The van der Waals surface area contributed by atoms with Crippen molar-refractivity contribution in [2.24, 2.45) is 11.8 Å². The predicted octanol–water partition coefficient (Wildman–Crippen LogP) is 1.81. The Balaban J connectivity index is 1.65. The molecule has 1 aromatic rings. The van der Waals surface area contributed by atoms with E-state index in [0.29, 0.717) is 37.2 Å². The number of hydrogen-bond donors (Lipinski definition) is 1. The van der Waals surface area contributed by atoms with Gasteiger partial charge in [0.15, 0.2) is 0 Å². The smallest absolute Gasteiger partial charge is 0.306 e. The second-order valence-corrected chi connectivity index (χ2v) is 6.78. The van der Waals surface area contributed by atoms with Gasteiger partial charge >= 0.3 is 5.97 Å². The molecular formula is C18H21FN2O4. The van der Waals surface area contributed by atoms with Gasteiger partial charge in [-0.15, -0.1) is 0 Å². The largest absolute Gasteiger partial charge is 0.481 e. The molecule has 2 fully saturated rings. The van der Waals surface area contributed by atoms with Crippen LogP contribution in [0.25, 0.3) is 0 Å². The van der Waals surface area contributed by atoms with E-state index in [0.717, 1.165) is 0 Å². The highest BCUT2D eigenvalue weighted by molar-refractivity contribution is 6.00. The molecular weight excluding hydrogens is 327 g/mol. The van der Waals surface area contributed by atoms with Crippen LogP contribution in [0.2, 0.25) is 0 Å². The Morgan fingerprint density at radius 2 is 1.88 bits per heavy atom. The van der Waals surface area contributed by atoms with Gasteiger partial charge in [-0.2, -0.15) is 0 Å². The van der Waals surface area contributed by atoms with E-state index in [-0.39, 0.29) is 30.6 Å². The van der Waals surface area contributed by atoms with Gasteiger partial charge in [0.25, 0.3) is 0 Å². The van der Waals surface area contributed by atoms with Crippen LogP contribution in [-0.2, 0) is 14.4 Å². The average molecular weight is 348 g/mol. The van der Waals surface area contributed by atoms with Crippen molar-refractivity contribution in [1.29, 1.82) is 0 Å². The normalized spacial score (nSPS) is 21.7. The summed E-state index contributed by atoms with van der Waals surface area (Å²) in [5, 5.41) is 9.03. The van der Waals surface area contributed by atoms with Gasteiger partial charge in [0, 0.05) is 31.7 Å². The third-order valence-corrected chi connectivity index (χ3v) is 5.08. The van der Waals surface area contributed by atoms with E-state index in [1.165, 1.54) is 11.0 Å². The zero-order valence-electron chi connectivity index (χ0n) is 14.1. The number of halogens is 1. The van der Waals surface area contributed by atoms with Crippen molar-refractivity contribution in [3.63, 3.8) is 0 Å². The van der Waals surface area contributed by atoms with Gasteiger partial charge in [-0.3, -0.25) is 14.4 Å². The third kappa shape index (κ3) is 3.50. The molecule has 7 heteroatoms. The number of aryl methyl sites for hydroxylation is 1. The minimum absolute atomic E-state index is 0.0986. The van der Waals surface area contributed by atoms with Crippen LogP contribution in [0.3, 0.4) is 0 Å². The van der Waals surface area contributed by atoms with Gasteiger partial charge in [0.05, 0.1) is 11.8 Å². The number of carboxylic acids is 1. The minimum Gasteiger partial charge on any atom is -0.481 e. The fourth-order valence-electron chi connectivity index (χ4n) is 3.52. The lowest BCUT2D eigenvalue weighted by molar-refractivity contribution is -0.146. The van der Waals surface area contributed by atoms with Crippen molar-refractivity contribution >= 4 is 23.5 Å². The van der Waals surface area contributed by atoms with Crippen molar-refractivity contribution in [1.82, 2.24) is 4.90 Å². The summed E-state index contributed by atoms with van der Waals surface area (Å²) in [4.78, 5) is 39.1. The molecule has 0 aromatic heterocycles. The third-order valence-electron chi connectivity index (χ3n) is 5.08. The van der Waals surface area contributed by atoms with Crippen molar-refractivity contribution in [3.8, 4) is 0 Å². The zero-order chi connectivity index (χ0) is 18.1. The molecule has 2 aliphatic heterocycles. The molecule has 134 valence electrons. The van der Waals surface area contributed by atoms with Gasteiger partial charge in [0.1, 0.15) is 5.82 Å². The first-order chi connectivity index (χ1) is 11.9. The summed E-state index contributed by atoms with van der Waals surface area (Å²) in [6, 6.07) is 4.48. The van der Waals surface area contributed by atoms with Gasteiger partial charge in [0.2, 0.25) is 11.8 Å². The Kier molecular flexibility index (Phi) is 4.74. The lowest BCUT2D eigenvalue weighted by Crippen LogP contribution is -2.43. The Bertz CT molecular complexity index is 713. The number of piperidine rings is 1. The maximum atomic E-state index is 13.4. The molecule has 1 unspecified atom stereocenters. The summed E-state index contributed by atoms with van der Waals surface area (Å²) in [5.74, 6) is -2.22. The molecule has 1 N–H and O–H groups in total. The van der Waals surface area contributed by atoms with E-state index in [4.69, 9.17) is 5.11 Å². The van der Waals surface area contributed by atoms with E-state index in [2.05, 4.69) is 0 Å². The van der Waals surface area contributed by atoms with Crippen LogP contribution in [0.1, 0.15) is 24.8 Å². The molecule has 2 saturated heterocycles. The molecule has 0 radical (unpaired) electrons. The highest BCUT2D eigenvalue weighted by atomic mass is 19.1. The average Bonchev–Trinajstić information content (AvgIpc) is 2.98. The van der Waals surface area contributed by atoms with E-state index in [9.17, 15) is 18.8 Å². The summed E-state index contributed by atoms with van der Waals surface area (Å²) in [6.07, 6.45) is 1.03. The van der Waals surface area contributed by atoms with Crippen molar-refractivity contribution < 1.29 is 23.9 Å². The maximum absolute atomic E-state index is 13.4. The number of hydrogen-bond acceptors (Lipinski definition) is 3. The SMILES string of the molecule is Cc1cc(N2CC(C(=O)N3CCC(C(=O)O)CC3)CC2=O)ccc1F. The Hall–Kier alpha value is -2.44. The first-order valence-corrected chi connectivity index (χ1v) is 8.45. The van der Waals surface area contributed by atoms with Gasteiger partial charge < -0.3 is 14.9 Å². The number of carboxylic acid groups (broad SMARTS) is 1. The van der Waals surface area contributed by atoms with Gasteiger partial charge in [-0.1, -0.05) is 0 Å². The molecule has 1 aromatic carbocycles. The van der Waals surface area contributed by atoms with Crippen LogP contribution >= 0.6 is 0 Å². The fraction of sp³-hybridized carbons (Fsp3) is 0.500. The van der Waals surface area contributed by atoms with Crippen LogP contribution in [-0.4, -0.2) is 47.4 Å². The van der Waals surface area contributed by atoms with E-state index >= 15 is 0 Å². The molecule has 0 saturated carbocycles. The Morgan fingerprint density at radius 3 is 2.48 bits per heavy atom. The van der Waals surface area contributed by atoms with Crippen LogP contribution in [0.15, 0.2) is 18.2 Å². The summed E-state index contributed by atoms with van der Waals surface area (Å²) < 4.78 is 13.4. The molecule has 25 heavy (non-hydrogen) atoms. The fourth-order valence-corrected chi connectivity index (χ4v) is 3.52. The first-order valence-electron chi connectivity index (χ1n) is 8.45. The Labute approximate surface area is 145 Å². The molecule has 0 spiro atoms. The summed E-state index contributed by atoms with van der Waals surface area (Å²) in [6.45, 7) is 2.74. The maximum Gasteiger partial charge on any atom is 0.306 e. The number of carbonyl (C=O) groups excluding carboxylic acids is 2. The highest BCUT2D eigenvalue weighted by Crippen LogP contribution is 2.29. The summed E-state index contributed by atoms with van der Waals surface area (Å²) in [5.41, 5.74) is 1.06. The van der Waals surface area contributed by atoms with Gasteiger partial charge in [-0.05, 0) is 43.5 Å².